The van der Waals surface area contributed by atoms with Gasteiger partial charge in [-0.25, -0.2) is 0 Å². The Hall–Kier alpha value is -3.23. The van der Waals surface area contributed by atoms with Crippen molar-refractivity contribution < 1.29 is 19.1 Å². The summed E-state index contributed by atoms with van der Waals surface area (Å²) in [6.45, 7) is 1.34. The van der Waals surface area contributed by atoms with Gasteiger partial charge >= 0.3 is 0 Å². The van der Waals surface area contributed by atoms with Gasteiger partial charge in [-0.05, 0) is 80.5 Å². The minimum atomic E-state index is -0.270. The number of anilines is 2. The van der Waals surface area contributed by atoms with E-state index in [2.05, 4.69) is 15.6 Å². The second-order valence-electron chi connectivity index (χ2n) is 8.54. The second-order valence-corrected chi connectivity index (χ2v) is 9.64. The number of carbonyl (C=O) groups is 2. The minimum Gasteiger partial charge on any atom is -0.491 e. The molecule has 1 aromatic carbocycles. The van der Waals surface area contributed by atoms with Crippen LogP contribution in [0.4, 0.5) is 10.7 Å². The van der Waals surface area contributed by atoms with Crippen LogP contribution < -0.4 is 15.4 Å². The molecule has 0 spiro atoms. The van der Waals surface area contributed by atoms with E-state index in [1.807, 2.05) is 24.3 Å². The molecule has 0 saturated carbocycles. The summed E-state index contributed by atoms with van der Waals surface area (Å²) < 4.78 is 11.4. The topological polar surface area (TPSA) is 89.6 Å². The summed E-state index contributed by atoms with van der Waals surface area (Å²) in [6, 6.07) is 10.8. The van der Waals surface area contributed by atoms with Crippen LogP contribution in [0.1, 0.15) is 56.8 Å². The number of nitrogens with zero attached hydrogens (tertiary/aromatic N) is 1. The highest BCUT2D eigenvalue weighted by Crippen LogP contribution is 2.39. The van der Waals surface area contributed by atoms with Crippen molar-refractivity contribution in [3.8, 4) is 5.75 Å². The maximum Gasteiger partial charge on any atom is 0.258 e. The average Bonchev–Trinajstić information content (AvgIpc) is 3.51. The molecule has 8 heteroatoms. The van der Waals surface area contributed by atoms with Crippen LogP contribution in [0, 0.1) is 0 Å². The summed E-state index contributed by atoms with van der Waals surface area (Å²) in [4.78, 5) is 31.3. The van der Waals surface area contributed by atoms with Crippen LogP contribution in [0.5, 0.6) is 5.75 Å². The van der Waals surface area contributed by atoms with E-state index in [1.54, 1.807) is 18.3 Å². The van der Waals surface area contributed by atoms with Gasteiger partial charge in [-0.2, -0.15) is 0 Å². The highest BCUT2D eigenvalue weighted by Gasteiger charge is 2.27. The lowest BCUT2D eigenvalue weighted by Crippen LogP contribution is -2.19. The Morgan fingerprint density at radius 1 is 1.06 bits per heavy atom. The van der Waals surface area contributed by atoms with E-state index in [1.165, 1.54) is 22.4 Å². The van der Waals surface area contributed by atoms with Gasteiger partial charge in [-0.1, -0.05) is 0 Å². The van der Waals surface area contributed by atoms with E-state index in [9.17, 15) is 9.59 Å². The van der Waals surface area contributed by atoms with Crippen molar-refractivity contribution in [1.82, 2.24) is 4.98 Å². The van der Waals surface area contributed by atoms with Crippen LogP contribution in [-0.2, 0) is 17.6 Å². The molecule has 2 amide bonds. The third-order valence-electron chi connectivity index (χ3n) is 6.12. The molecule has 1 saturated heterocycles. The lowest BCUT2D eigenvalue weighted by atomic mass is 9.95. The number of thiophene rings is 1. The molecular weight excluding hydrogens is 450 g/mol. The van der Waals surface area contributed by atoms with Gasteiger partial charge in [-0.15, -0.1) is 11.3 Å². The first kappa shape index (κ1) is 22.6. The monoisotopic (exact) mass is 477 g/mol. The lowest BCUT2D eigenvalue weighted by molar-refractivity contribution is 0.0679. The molecule has 34 heavy (non-hydrogen) atoms. The van der Waals surface area contributed by atoms with E-state index in [0.29, 0.717) is 28.4 Å². The fourth-order valence-corrected chi connectivity index (χ4v) is 5.64. The predicted octanol–water partition coefficient (Wildman–Crippen LogP) is 5.08. The highest BCUT2D eigenvalue weighted by atomic mass is 32.1. The van der Waals surface area contributed by atoms with Crippen molar-refractivity contribution in [2.75, 3.05) is 23.8 Å². The first-order chi connectivity index (χ1) is 16.7. The maximum atomic E-state index is 13.4. The number of carbonyl (C=O) groups excluding carboxylic acids is 2. The number of nitrogens with one attached hydrogen (secondary N) is 2. The number of benzene rings is 1. The fraction of sp³-hybridized carbons (Fsp3) is 0.346. The summed E-state index contributed by atoms with van der Waals surface area (Å²) in [5.74, 6) is 0.258. The Morgan fingerprint density at radius 3 is 2.68 bits per heavy atom. The molecule has 0 radical (unpaired) electrons. The molecule has 1 atom stereocenters. The zero-order chi connectivity index (χ0) is 23.3. The lowest BCUT2D eigenvalue weighted by Gasteiger charge is -2.14. The third-order valence-corrected chi connectivity index (χ3v) is 7.33. The van der Waals surface area contributed by atoms with E-state index in [-0.39, 0.29) is 17.9 Å². The van der Waals surface area contributed by atoms with E-state index >= 15 is 0 Å². The Labute approximate surface area is 202 Å². The van der Waals surface area contributed by atoms with Gasteiger partial charge in [-0.3, -0.25) is 14.6 Å². The molecule has 1 unspecified atom stereocenters. The molecule has 0 bridgehead atoms. The molecule has 176 valence electrons. The van der Waals surface area contributed by atoms with Gasteiger partial charge < -0.3 is 20.1 Å². The molecule has 5 rings (SSSR count). The predicted molar refractivity (Wildman–Crippen MR) is 132 cm³/mol. The maximum absolute atomic E-state index is 13.4. The van der Waals surface area contributed by atoms with Crippen molar-refractivity contribution >= 4 is 33.8 Å². The first-order valence-electron chi connectivity index (χ1n) is 11.7. The molecule has 2 N–H and O–H groups in total. The summed E-state index contributed by atoms with van der Waals surface area (Å²) in [6.07, 6.45) is 9.31. The molecule has 1 fully saturated rings. The van der Waals surface area contributed by atoms with Gasteiger partial charge in [0.25, 0.3) is 11.8 Å². The van der Waals surface area contributed by atoms with Crippen LogP contribution in [0.3, 0.4) is 0 Å². The average molecular weight is 478 g/mol. The Balaban J connectivity index is 1.30. The quantitative estimate of drug-likeness (QED) is 0.495. The second kappa shape index (κ2) is 10.4. The molecule has 1 aliphatic carbocycles. The standard InChI is InChI=1S/C26H27N3O4S/c30-24(17-5-3-13-27-15-17)29-26-23(21-7-1-2-8-22(21)34-26)25(31)28-18-9-11-19(12-10-18)33-16-20-6-4-14-32-20/h3,5,9-13,15,20H,1-2,4,6-8,14,16H2,(H,28,31)(H,29,30). The number of aryl methyl sites for hydroxylation is 1. The number of pyridine rings is 1. The smallest absolute Gasteiger partial charge is 0.258 e. The zero-order valence-corrected chi connectivity index (χ0v) is 19.7. The van der Waals surface area contributed by atoms with Crippen LogP contribution in [0.15, 0.2) is 48.8 Å². The number of rotatable bonds is 7. The largest absolute Gasteiger partial charge is 0.491 e. The molecule has 1 aliphatic heterocycles. The molecule has 3 heterocycles. The summed E-state index contributed by atoms with van der Waals surface area (Å²) in [7, 11) is 0. The number of fused-ring (bicyclic) bond motifs is 1. The fourth-order valence-electron chi connectivity index (χ4n) is 4.36. The molecule has 3 aromatic rings. The molecule has 2 aliphatic rings. The SMILES string of the molecule is O=C(Nc1sc2c(c1C(=O)Nc1ccc(OCC3CCCO3)cc1)CCCC2)c1cccnc1. The molecular formula is C26H27N3O4S. The van der Waals surface area contributed by atoms with Crippen molar-refractivity contribution in [2.24, 2.45) is 0 Å². The van der Waals surface area contributed by atoms with Gasteiger partial charge in [0.05, 0.1) is 17.2 Å². The normalized spacial score (nSPS) is 17.1. The van der Waals surface area contributed by atoms with Crippen molar-refractivity contribution in [1.29, 1.82) is 0 Å². The van der Waals surface area contributed by atoms with Gasteiger partial charge in [0.1, 0.15) is 17.4 Å². The van der Waals surface area contributed by atoms with Gasteiger partial charge in [0.2, 0.25) is 0 Å². The molecule has 2 aromatic heterocycles. The Kier molecular flexibility index (Phi) is 6.87. The van der Waals surface area contributed by atoms with Crippen LogP contribution in [0.25, 0.3) is 0 Å². The summed E-state index contributed by atoms with van der Waals surface area (Å²) in [5.41, 5.74) is 2.75. The van der Waals surface area contributed by atoms with Crippen molar-refractivity contribution in [3.05, 3.63) is 70.4 Å². The van der Waals surface area contributed by atoms with E-state index in [4.69, 9.17) is 9.47 Å². The number of aromatic nitrogens is 1. The van der Waals surface area contributed by atoms with Gasteiger partial charge in [0.15, 0.2) is 0 Å². The minimum absolute atomic E-state index is 0.157. The number of hydrogen-bond donors (Lipinski definition) is 2. The number of hydrogen-bond acceptors (Lipinski definition) is 6. The highest BCUT2D eigenvalue weighted by molar-refractivity contribution is 7.17. The van der Waals surface area contributed by atoms with Crippen molar-refractivity contribution in [3.63, 3.8) is 0 Å². The third kappa shape index (κ3) is 5.13. The Morgan fingerprint density at radius 2 is 1.91 bits per heavy atom. The van der Waals surface area contributed by atoms with E-state index in [0.717, 1.165) is 56.4 Å². The van der Waals surface area contributed by atoms with E-state index < -0.39 is 0 Å². The van der Waals surface area contributed by atoms with Gasteiger partial charge in [0, 0.05) is 29.6 Å². The van der Waals surface area contributed by atoms with Crippen LogP contribution >= 0.6 is 11.3 Å². The number of amides is 2. The van der Waals surface area contributed by atoms with Crippen molar-refractivity contribution in [2.45, 2.75) is 44.6 Å². The summed E-state index contributed by atoms with van der Waals surface area (Å²) >= 11 is 1.50. The Bertz CT molecular complexity index is 1150. The van der Waals surface area contributed by atoms with Crippen LogP contribution in [-0.4, -0.2) is 36.1 Å². The molecule has 7 nitrogen and oxygen atoms in total. The zero-order valence-electron chi connectivity index (χ0n) is 18.8. The number of ether oxygens (including phenoxy) is 2. The first-order valence-corrected chi connectivity index (χ1v) is 12.5. The van der Waals surface area contributed by atoms with Crippen LogP contribution in [0.2, 0.25) is 0 Å². The summed E-state index contributed by atoms with van der Waals surface area (Å²) in [5, 5.41) is 6.54.